The van der Waals surface area contributed by atoms with Gasteiger partial charge in [0.25, 0.3) is 5.91 Å². The van der Waals surface area contributed by atoms with Crippen molar-refractivity contribution in [1.82, 2.24) is 19.4 Å². The van der Waals surface area contributed by atoms with E-state index in [0.29, 0.717) is 5.92 Å². The van der Waals surface area contributed by atoms with E-state index in [2.05, 4.69) is 41.3 Å². The third kappa shape index (κ3) is 4.86. The molecule has 1 atom stereocenters. The summed E-state index contributed by atoms with van der Waals surface area (Å²) in [4.78, 5) is 21.7. The van der Waals surface area contributed by atoms with Crippen LogP contribution in [0.3, 0.4) is 0 Å². The zero-order valence-corrected chi connectivity index (χ0v) is 16.5. The van der Waals surface area contributed by atoms with E-state index >= 15 is 0 Å². The van der Waals surface area contributed by atoms with E-state index in [0.717, 1.165) is 62.4 Å². The lowest BCUT2D eigenvalue weighted by Crippen LogP contribution is -2.39. The maximum atomic E-state index is 12.9. The van der Waals surface area contributed by atoms with Crippen LogP contribution in [0.5, 0.6) is 0 Å². The molecule has 0 saturated carbocycles. The lowest BCUT2D eigenvalue weighted by Gasteiger charge is -2.33. The normalized spacial score (nSPS) is 17.3. The molecule has 0 aliphatic carbocycles. The van der Waals surface area contributed by atoms with Crippen molar-refractivity contribution in [2.75, 3.05) is 33.7 Å². The molecule has 0 bridgehead atoms. The highest BCUT2D eigenvalue weighted by Gasteiger charge is 2.27. The average Bonchev–Trinajstić information content (AvgIpc) is 3.16. The quantitative estimate of drug-likeness (QED) is 0.753. The lowest BCUT2D eigenvalue weighted by atomic mass is 9.96. The van der Waals surface area contributed by atoms with Gasteiger partial charge in [-0.25, -0.2) is 4.98 Å². The van der Waals surface area contributed by atoms with E-state index in [1.165, 1.54) is 0 Å². The van der Waals surface area contributed by atoms with Gasteiger partial charge in [-0.3, -0.25) is 4.79 Å². The SMILES string of the molecule is C=Cc1ccc(C(=O)N2CCC[C@@H](c3nccn3CCCN(C)C)C2)cc1. The van der Waals surface area contributed by atoms with Gasteiger partial charge in [-0.15, -0.1) is 0 Å². The van der Waals surface area contributed by atoms with Crippen molar-refractivity contribution in [3.63, 3.8) is 0 Å². The number of carbonyl (C=O) groups is 1. The van der Waals surface area contributed by atoms with Crippen LogP contribution in [0.25, 0.3) is 6.08 Å². The first-order valence-corrected chi connectivity index (χ1v) is 9.76. The third-order valence-corrected chi connectivity index (χ3v) is 5.22. The van der Waals surface area contributed by atoms with Gasteiger partial charge in [-0.2, -0.15) is 0 Å². The summed E-state index contributed by atoms with van der Waals surface area (Å²) in [7, 11) is 4.20. The van der Waals surface area contributed by atoms with Crippen molar-refractivity contribution < 1.29 is 4.79 Å². The second-order valence-corrected chi connectivity index (χ2v) is 7.55. The highest BCUT2D eigenvalue weighted by atomic mass is 16.2. The van der Waals surface area contributed by atoms with Crippen molar-refractivity contribution >= 4 is 12.0 Å². The van der Waals surface area contributed by atoms with Gasteiger partial charge in [0.2, 0.25) is 0 Å². The van der Waals surface area contributed by atoms with Crippen molar-refractivity contribution in [3.8, 4) is 0 Å². The topological polar surface area (TPSA) is 41.4 Å². The maximum Gasteiger partial charge on any atom is 0.253 e. The summed E-state index contributed by atoms with van der Waals surface area (Å²) >= 11 is 0. The number of carbonyl (C=O) groups excluding carboxylic acids is 1. The van der Waals surface area contributed by atoms with E-state index in [-0.39, 0.29) is 5.91 Å². The van der Waals surface area contributed by atoms with E-state index in [9.17, 15) is 4.79 Å². The van der Waals surface area contributed by atoms with Crippen LogP contribution in [-0.4, -0.2) is 59.0 Å². The highest BCUT2D eigenvalue weighted by Crippen LogP contribution is 2.27. The second kappa shape index (κ2) is 9.00. The number of likely N-dealkylation sites (tertiary alicyclic amines) is 1. The van der Waals surface area contributed by atoms with Crippen LogP contribution in [0.15, 0.2) is 43.2 Å². The number of aryl methyl sites for hydroxylation is 1. The standard InChI is InChI=1S/C22H30N4O/c1-4-18-8-10-19(11-9-18)22(27)26-14-5-7-20(17-26)21-23-12-16-25(21)15-6-13-24(2)3/h4,8-12,16,20H,1,5-7,13-15,17H2,2-3H3/t20-/m1/s1. The Morgan fingerprint density at radius 3 is 2.81 bits per heavy atom. The number of amides is 1. The van der Waals surface area contributed by atoms with Gasteiger partial charge in [0.15, 0.2) is 0 Å². The van der Waals surface area contributed by atoms with Crippen LogP contribution < -0.4 is 0 Å². The molecular weight excluding hydrogens is 336 g/mol. The predicted molar refractivity (Wildman–Crippen MR) is 110 cm³/mol. The van der Waals surface area contributed by atoms with Crippen LogP contribution >= 0.6 is 0 Å². The molecule has 1 aliphatic heterocycles. The van der Waals surface area contributed by atoms with Gasteiger partial charge in [0.1, 0.15) is 5.82 Å². The molecule has 27 heavy (non-hydrogen) atoms. The first-order chi connectivity index (χ1) is 13.1. The molecule has 1 aromatic heterocycles. The Labute approximate surface area is 162 Å². The number of hydrogen-bond donors (Lipinski definition) is 0. The lowest BCUT2D eigenvalue weighted by molar-refractivity contribution is 0.0703. The van der Waals surface area contributed by atoms with Crippen LogP contribution in [0.1, 0.15) is 46.9 Å². The molecule has 5 heteroatoms. The smallest absolute Gasteiger partial charge is 0.253 e. The summed E-state index contributed by atoms with van der Waals surface area (Å²) in [6.07, 6.45) is 8.96. The third-order valence-electron chi connectivity index (χ3n) is 5.22. The molecule has 0 radical (unpaired) electrons. The minimum absolute atomic E-state index is 0.112. The minimum atomic E-state index is 0.112. The Balaban J connectivity index is 1.66. The molecule has 1 amide bonds. The minimum Gasteiger partial charge on any atom is -0.338 e. The fourth-order valence-corrected chi connectivity index (χ4v) is 3.74. The van der Waals surface area contributed by atoms with Crippen molar-refractivity contribution in [2.24, 2.45) is 0 Å². The molecule has 1 saturated heterocycles. The molecule has 2 heterocycles. The summed E-state index contributed by atoms with van der Waals surface area (Å²) in [6, 6.07) is 7.68. The van der Waals surface area contributed by atoms with Crippen molar-refractivity contribution in [2.45, 2.75) is 31.7 Å². The van der Waals surface area contributed by atoms with Gasteiger partial charge in [0, 0.05) is 43.5 Å². The monoisotopic (exact) mass is 366 g/mol. The number of imidazole rings is 1. The van der Waals surface area contributed by atoms with Crippen LogP contribution in [0, 0.1) is 0 Å². The van der Waals surface area contributed by atoms with Crippen molar-refractivity contribution in [3.05, 3.63) is 60.2 Å². The van der Waals surface area contributed by atoms with E-state index in [1.54, 1.807) is 6.08 Å². The summed E-state index contributed by atoms with van der Waals surface area (Å²) in [5, 5.41) is 0. The fourth-order valence-electron chi connectivity index (χ4n) is 3.74. The first kappa shape index (κ1) is 19.4. The van der Waals surface area contributed by atoms with Crippen LogP contribution in [0.4, 0.5) is 0 Å². The number of nitrogens with zero attached hydrogens (tertiary/aromatic N) is 4. The van der Waals surface area contributed by atoms with Gasteiger partial charge in [-0.1, -0.05) is 24.8 Å². The summed E-state index contributed by atoms with van der Waals surface area (Å²) in [5.41, 5.74) is 1.78. The predicted octanol–water partition coefficient (Wildman–Crippen LogP) is 3.50. The first-order valence-electron chi connectivity index (χ1n) is 9.76. The molecule has 144 valence electrons. The van der Waals surface area contributed by atoms with E-state index in [1.807, 2.05) is 35.4 Å². The fraction of sp³-hybridized carbons (Fsp3) is 0.455. The second-order valence-electron chi connectivity index (χ2n) is 7.55. The summed E-state index contributed by atoms with van der Waals surface area (Å²) < 4.78 is 2.26. The van der Waals surface area contributed by atoms with Gasteiger partial charge < -0.3 is 14.4 Å². The van der Waals surface area contributed by atoms with Crippen LogP contribution in [0.2, 0.25) is 0 Å². The number of benzene rings is 1. The molecule has 0 spiro atoms. The van der Waals surface area contributed by atoms with E-state index in [4.69, 9.17) is 0 Å². The molecule has 1 fully saturated rings. The molecule has 1 aromatic carbocycles. The molecule has 5 nitrogen and oxygen atoms in total. The molecule has 2 aromatic rings. The van der Waals surface area contributed by atoms with Crippen molar-refractivity contribution in [1.29, 1.82) is 0 Å². The largest absolute Gasteiger partial charge is 0.338 e. The summed E-state index contributed by atoms with van der Waals surface area (Å²) in [6.45, 7) is 7.36. The number of aromatic nitrogens is 2. The Morgan fingerprint density at radius 1 is 1.33 bits per heavy atom. The molecule has 0 N–H and O–H groups in total. The highest BCUT2D eigenvalue weighted by molar-refractivity contribution is 5.94. The number of hydrogen-bond acceptors (Lipinski definition) is 3. The van der Waals surface area contributed by atoms with Gasteiger partial charge in [-0.05, 0) is 57.6 Å². The molecule has 3 rings (SSSR count). The number of rotatable bonds is 7. The summed E-state index contributed by atoms with van der Waals surface area (Å²) in [5.74, 6) is 1.54. The maximum absolute atomic E-state index is 12.9. The zero-order valence-electron chi connectivity index (χ0n) is 16.5. The zero-order chi connectivity index (χ0) is 19.2. The van der Waals surface area contributed by atoms with Gasteiger partial charge >= 0.3 is 0 Å². The Kier molecular flexibility index (Phi) is 6.45. The molecule has 0 unspecified atom stereocenters. The Morgan fingerprint density at radius 2 is 2.11 bits per heavy atom. The molecular formula is C22H30N4O. The number of piperidine rings is 1. The van der Waals surface area contributed by atoms with Crippen LogP contribution in [-0.2, 0) is 6.54 Å². The van der Waals surface area contributed by atoms with E-state index < -0.39 is 0 Å². The average molecular weight is 367 g/mol. The van der Waals surface area contributed by atoms with Gasteiger partial charge in [0.05, 0.1) is 0 Å². The molecule has 1 aliphatic rings. The Bertz CT molecular complexity index is 763. The Hall–Kier alpha value is -2.40.